The fourth-order valence-corrected chi connectivity index (χ4v) is 6.31. The Labute approximate surface area is 122 Å². The zero-order valence-electron chi connectivity index (χ0n) is 11.2. The summed E-state index contributed by atoms with van der Waals surface area (Å²) in [6.45, 7) is 2.84. The molecule has 2 atom stereocenters. The van der Waals surface area contributed by atoms with Crippen molar-refractivity contribution in [1.82, 2.24) is 4.31 Å². The molecule has 0 amide bonds. The molecular weight excluding hydrogens is 298 g/mol. The van der Waals surface area contributed by atoms with E-state index in [1.54, 1.807) is 11.2 Å². The van der Waals surface area contributed by atoms with E-state index in [-0.39, 0.29) is 9.77 Å². The van der Waals surface area contributed by atoms with E-state index in [1.165, 1.54) is 12.5 Å². The third-order valence-corrected chi connectivity index (χ3v) is 7.52. The first-order valence-corrected chi connectivity index (χ1v) is 8.99. The molecule has 1 aliphatic heterocycles. The van der Waals surface area contributed by atoms with Crippen molar-refractivity contribution in [2.75, 3.05) is 13.1 Å². The molecule has 7 heteroatoms. The number of aryl methyl sites for hydroxylation is 1. The summed E-state index contributed by atoms with van der Waals surface area (Å²) in [6.07, 6.45) is 3.42. The van der Waals surface area contributed by atoms with Gasteiger partial charge in [0, 0.05) is 18.0 Å². The third kappa shape index (κ3) is 2.17. The van der Waals surface area contributed by atoms with Crippen molar-refractivity contribution in [3.63, 3.8) is 0 Å². The highest BCUT2D eigenvalue weighted by molar-refractivity contribution is 7.89. The number of nitrogens with zero attached hydrogens (tertiary/aromatic N) is 1. The first-order chi connectivity index (χ1) is 9.39. The predicted octanol–water partition coefficient (Wildman–Crippen LogP) is 2.18. The maximum Gasteiger partial charge on any atom is 0.345 e. The molecule has 1 saturated heterocycles. The Hall–Kier alpha value is -0.920. The Kier molecular flexibility index (Phi) is 3.38. The molecule has 2 aliphatic rings. The number of rotatable bonds is 3. The van der Waals surface area contributed by atoms with E-state index in [2.05, 4.69) is 0 Å². The smallest absolute Gasteiger partial charge is 0.345 e. The van der Waals surface area contributed by atoms with Crippen LogP contribution in [0.5, 0.6) is 0 Å². The van der Waals surface area contributed by atoms with Crippen LogP contribution in [0.25, 0.3) is 0 Å². The Morgan fingerprint density at radius 3 is 2.45 bits per heavy atom. The number of hydrogen-bond donors (Lipinski definition) is 1. The molecule has 2 fully saturated rings. The number of carboxylic acid groups (broad SMARTS) is 1. The van der Waals surface area contributed by atoms with Crippen molar-refractivity contribution in [3.8, 4) is 0 Å². The van der Waals surface area contributed by atoms with Gasteiger partial charge in [-0.05, 0) is 37.7 Å². The van der Waals surface area contributed by atoms with Gasteiger partial charge in [-0.25, -0.2) is 13.2 Å². The maximum atomic E-state index is 12.7. The van der Waals surface area contributed by atoms with Gasteiger partial charge in [-0.3, -0.25) is 0 Å². The minimum Gasteiger partial charge on any atom is -0.477 e. The number of hydrogen-bond acceptors (Lipinski definition) is 4. The molecule has 20 heavy (non-hydrogen) atoms. The lowest BCUT2D eigenvalue weighted by atomic mass is 10.0. The van der Waals surface area contributed by atoms with Crippen molar-refractivity contribution in [2.24, 2.45) is 11.8 Å². The van der Waals surface area contributed by atoms with Gasteiger partial charge in [0.1, 0.15) is 4.88 Å². The Bertz CT molecular complexity index is 637. The maximum absolute atomic E-state index is 12.7. The second-order valence-corrected chi connectivity index (χ2v) is 8.77. The average molecular weight is 315 g/mol. The lowest BCUT2D eigenvalue weighted by Gasteiger charge is -2.16. The standard InChI is InChI=1S/C13H17NO4S2/c1-8-12(5-11(19-8)13(15)16)20(17,18)14-6-9-3-2-4-10(9)7-14/h5,9-10H,2-4,6-7H2,1H3,(H,15,16). The number of thiophene rings is 1. The van der Waals surface area contributed by atoms with Gasteiger partial charge in [-0.15, -0.1) is 11.3 Å². The fourth-order valence-electron chi connectivity index (χ4n) is 3.35. The van der Waals surface area contributed by atoms with Crippen LogP contribution in [-0.2, 0) is 10.0 Å². The Morgan fingerprint density at radius 1 is 1.35 bits per heavy atom. The van der Waals surface area contributed by atoms with Crippen molar-refractivity contribution in [3.05, 3.63) is 15.8 Å². The number of aromatic carboxylic acids is 1. The quantitative estimate of drug-likeness (QED) is 0.927. The van der Waals surface area contributed by atoms with Gasteiger partial charge >= 0.3 is 5.97 Å². The van der Waals surface area contributed by atoms with E-state index in [1.807, 2.05) is 0 Å². The lowest BCUT2D eigenvalue weighted by molar-refractivity contribution is 0.0702. The Balaban J connectivity index is 1.91. The van der Waals surface area contributed by atoms with Crippen LogP contribution in [0.3, 0.4) is 0 Å². The van der Waals surface area contributed by atoms with Gasteiger partial charge in [0.05, 0.1) is 4.90 Å². The summed E-state index contributed by atoms with van der Waals surface area (Å²) >= 11 is 1.02. The van der Waals surface area contributed by atoms with Crippen LogP contribution in [-0.4, -0.2) is 36.9 Å². The van der Waals surface area contributed by atoms with Crippen LogP contribution in [0.4, 0.5) is 0 Å². The number of fused-ring (bicyclic) bond motifs is 1. The summed E-state index contributed by atoms with van der Waals surface area (Å²) < 4.78 is 26.9. The number of sulfonamides is 1. The van der Waals surface area contributed by atoms with Gasteiger partial charge in [0.25, 0.3) is 0 Å². The summed E-state index contributed by atoms with van der Waals surface area (Å²) in [6, 6.07) is 1.30. The molecule has 1 aliphatic carbocycles. The van der Waals surface area contributed by atoms with Crippen LogP contribution >= 0.6 is 11.3 Å². The number of carbonyl (C=O) groups is 1. The van der Waals surface area contributed by atoms with Crippen LogP contribution < -0.4 is 0 Å². The molecule has 3 rings (SSSR count). The van der Waals surface area contributed by atoms with Crippen LogP contribution in [0.2, 0.25) is 0 Å². The molecule has 1 saturated carbocycles. The molecule has 0 aromatic carbocycles. The van der Waals surface area contributed by atoms with Crippen molar-refractivity contribution in [1.29, 1.82) is 0 Å². The van der Waals surface area contributed by atoms with Crippen molar-refractivity contribution >= 4 is 27.3 Å². The molecule has 0 spiro atoms. The van der Waals surface area contributed by atoms with Crippen LogP contribution in [0, 0.1) is 18.8 Å². The van der Waals surface area contributed by atoms with E-state index < -0.39 is 16.0 Å². The van der Waals surface area contributed by atoms with Gasteiger partial charge in [-0.2, -0.15) is 4.31 Å². The van der Waals surface area contributed by atoms with Crippen molar-refractivity contribution in [2.45, 2.75) is 31.1 Å². The summed E-state index contributed by atoms with van der Waals surface area (Å²) in [5.74, 6) is -0.0943. The zero-order chi connectivity index (χ0) is 14.5. The molecule has 1 N–H and O–H groups in total. The van der Waals surface area contributed by atoms with E-state index >= 15 is 0 Å². The Morgan fingerprint density at radius 2 is 1.95 bits per heavy atom. The molecule has 2 heterocycles. The second kappa shape index (κ2) is 4.82. The molecule has 0 radical (unpaired) electrons. The molecule has 110 valence electrons. The molecule has 0 bridgehead atoms. The van der Waals surface area contributed by atoms with Crippen molar-refractivity contribution < 1.29 is 18.3 Å². The SMILES string of the molecule is Cc1sc(C(=O)O)cc1S(=O)(=O)N1CC2CCCC2C1. The van der Waals surface area contributed by atoms with Gasteiger partial charge in [0.15, 0.2) is 0 Å². The summed E-state index contributed by atoms with van der Waals surface area (Å²) in [7, 11) is -3.54. The lowest BCUT2D eigenvalue weighted by Crippen LogP contribution is -2.29. The monoisotopic (exact) mass is 315 g/mol. The van der Waals surface area contributed by atoms with Crippen LogP contribution in [0.15, 0.2) is 11.0 Å². The zero-order valence-corrected chi connectivity index (χ0v) is 12.8. The minimum absolute atomic E-state index is 0.0838. The second-order valence-electron chi connectivity index (χ2n) is 5.61. The highest BCUT2D eigenvalue weighted by atomic mass is 32.2. The van der Waals surface area contributed by atoms with Gasteiger partial charge in [-0.1, -0.05) is 6.42 Å². The van der Waals surface area contributed by atoms with Gasteiger partial charge in [0.2, 0.25) is 10.0 Å². The van der Waals surface area contributed by atoms with E-state index in [0.29, 0.717) is 29.8 Å². The van der Waals surface area contributed by atoms with E-state index in [9.17, 15) is 13.2 Å². The topological polar surface area (TPSA) is 74.7 Å². The summed E-state index contributed by atoms with van der Waals surface area (Å²) in [5.41, 5.74) is 0. The third-order valence-electron chi connectivity index (χ3n) is 4.39. The highest BCUT2D eigenvalue weighted by Crippen LogP contribution is 2.40. The first kappa shape index (κ1) is 14.0. The molecule has 1 aromatic rings. The average Bonchev–Trinajstić information content (AvgIpc) is 3.00. The summed E-state index contributed by atoms with van der Waals surface area (Å²) in [5, 5.41) is 8.99. The first-order valence-electron chi connectivity index (χ1n) is 6.73. The molecule has 5 nitrogen and oxygen atoms in total. The molecular formula is C13H17NO4S2. The van der Waals surface area contributed by atoms with E-state index in [4.69, 9.17) is 5.11 Å². The largest absolute Gasteiger partial charge is 0.477 e. The van der Waals surface area contributed by atoms with Gasteiger partial charge < -0.3 is 5.11 Å². The normalized spacial score (nSPS) is 26.9. The predicted molar refractivity (Wildman–Crippen MR) is 75.6 cm³/mol. The van der Waals surface area contributed by atoms with Crippen LogP contribution in [0.1, 0.15) is 33.8 Å². The molecule has 2 unspecified atom stereocenters. The fraction of sp³-hybridized carbons (Fsp3) is 0.615. The highest BCUT2D eigenvalue weighted by Gasteiger charge is 2.42. The minimum atomic E-state index is -3.54. The summed E-state index contributed by atoms with van der Waals surface area (Å²) in [4.78, 5) is 11.8. The number of carboxylic acids is 1. The van der Waals surface area contributed by atoms with E-state index in [0.717, 1.165) is 24.2 Å². The molecule has 1 aromatic heterocycles.